The number of hydrogen-bond donors (Lipinski definition) is 0. The molecule has 0 fully saturated rings. The zero-order valence-electron chi connectivity index (χ0n) is 21.0. The molecule has 3 heteroatoms. The average Bonchev–Trinajstić information content (AvgIpc) is 3.65. The van der Waals surface area contributed by atoms with E-state index in [1.165, 1.54) is 75.2 Å². The van der Waals surface area contributed by atoms with Crippen LogP contribution in [0.25, 0.3) is 75.2 Å². The second-order valence-corrected chi connectivity index (χ2v) is 11.2. The van der Waals surface area contributed by atoms with Crippen LogP contribution in [0, 0.1) is 0 Å². The van der Waals surface area contributed by atoms with Crippen LogP contribution in [-0.4, -0.2) is 9.13 Å². The molecule has 2 nitrogen and oxygen atoms in total. The highest BCUT2D eigenvalue weighted by Crippen LogP contribution is 2.44. The third-order valence-corrected chi connectivity index (χ3v) is 9.24. The Kier molecular flexibility index (Phi) is 4.24. The quantitative estimate of drug-likeness (QED) is 0.217. The fraction of sp³-hybridized carbons (Fsp3) is 0. The topological polar surface area (TPSA) is 9.86 Å². The van der Waals surface area contributed by atoms with Crippen molar-refractivity contribution >= 4 is 75.1 Å². The van der Waals surface area contributed by atoms with Gasteiger partial charge >= 0.3 is 0 Å². The summed E-state index contributed by atoms with van der Waals surface area (Å²) in [7, 11) is 0. The number of thiophene rings is 1. The van der Waals surface area contributed by atoms with Crippen molar-refractivity contribution in [2.75, 3.05) is 0 Å². The number of para-hydroxylation sites is 3. The molecule has 182 valence electrons. The minimum atomic E-state index is 1.18. The predicted octanol–water partition coefficient (Wildman–Crippen LogP) is 10.2. The number of rotatable bonds is 2. The summed E-state index contributed by atoms with van der Waals surface area (Å²) in [5, 5.41) is 7.83. The van der Waals surface area contributed by atoms with Crippen molar-refractivity contribution in [2.24, 2.45) is 0 Å². The zero-order valence-corrected chi connectivity index (χ0v) is 21.8. The molecule has 0 spiro atoms. The van der Waals surface area contributed by atoms with Crippen LogP contribution in [0.15, 0.2) is 133 Å². The molecule has 0 saturated carbocycles. The molecular weight excluding hydrogens is 492 g/mol. The Bertz CT molecular complexity index is 2390. The monoisotopic (exact) mass is 514 g/mol. The molecule has 39 heavy (non-hydrogen) atoms. The summed E-state index contributed by atoms with van der Waals surface area (Å²) in [5.74, 6) is 0. The van der Waals surface area contributed by atoms with Gasteiger partial charge in [0, 0.05) is 47.4 Å². The lowest BCUT2D eigenvalue weighted by molar-refractivity contribution is 1.18. The highest BCUT2D eigenvalue weighted by Gasteiger charge is 2.21. The number of benzene rings is 6. The van der Waals surface area contributed by atoms with Gasteiger partial charge in [-0.2, -0.15) is 0 Å². The van der Waals surface area contributed by atoms with Crippen molar-refractivity contribution in [1.82, 2.24) is 9.13 Å². The lowest BCUT2D eigenvalue weighted by Gasteiger charge is -2.11. The van der Waals surface area contributed by atoms with Crippen molar-refractivity contribution in [3.63, 3.8) is 0 Å². The third-order valence-electron chi connectivity index (χ3n) is 8.11. The van der Waals surface area contributed by atoms with Crippen LogP contribution < -0.4 is 0 Å². The molecule has 0 aliphatic carbocycles. The molecule has 3 aromatic heterocycles. The maximum atomic E-state index is 2.49. The van der Waals surface area contributed by atoms with E-state index in [-0.39, 0.29) is 0 Å². The van der Waals surface area contributed by atoms with E-state index < -0.39 is 0 Å². The Morgan fingerprint density at radius 3 is 1.67 bits per heavy atom. The van der Waals surface area contributed by atoms with Crippen molar-refractivity contribution in [3.8, 4) is 11.4 Å². The van der Waals surface area contributed by atoms with E-state index in [2.05, 4.69) is 143 Å². The van der Waals surface area contributed by atoms with Crippen molar-refractivity contribution < 1.29 is 0 Å². The van der Waals surface area contributed by atoms with E-state index in [0.29, 0.717) is 0 Å². The normalized spacial score (nSPS) is 12.1. The van der Waals surface area contributed by atoms with Crippen molar-refractivity contribution in [2.45, 2.75) is 0 Å². The van der Waals surface area contributed by atoms with Crippen LogP contribution in [0.4, 0.5) is 0 Å². The van der Waals surface area contributed by atoms with Gasteiger partial charge in [-0.1, -0.05) is 78.9 Å². The van der Waals surface area contributed by atoms with Crippen LogP contribution >= 0.6 is 11.3 Å². The summed E-state index contributed by atoms with van der Waals surface area (Å²) in [5.41, 5.74) is 7.36. The molecule has 3 heterocycles. The molecule has 0 unspecified atom stereocenters. The highest BCUT2D eigenvalue weighted by atomic mass is 32.1. The minimum Gasteiger partial charge on any atom is -0.309 e. The van der Waals surface area contributed by atoms with Crippen LogP contribution in [0.2, 0.25) is 0 Å². The standard InChI is InChI=1S/C36H22N2S/c1-2-11-23(12-3-1)37-27-16-7-4-13-24(27)35-30(37)21-22-31-36(35)25-14-5-8-17-28(25)38(31)29-18-10-20-33-34(29)26-15-6-9-19-32(26)39-33/h1-22H. The van der Waals surface area contributed by atoms with Gasteiger partial charge in [-0.25, -0.2) is 0 Å². The third kappa shape index (κ3) is 2.80. The lowest BCUT2D eigenvalue weighted by Crippen LogP contribution is -1.95. The van der Waals surface area contributed by atoms with E-state index in [9.17, 15) is 0 Å². The molecule has 0 amide bonds. The maximum Gasteiger partial charge on any atom is 0.0555 e. The summed E-state index contributed by atoms with van der Waals surface area (Å²) >= 11 is 1.87. The van der Waals surface area contributed by atoms with E-state index in [1.54, 1.807) is 0 Å². The fourth-order valence-electron chi connectivity index (χ4n) is 6.58. The van der Waals surface area contributed by atoms with Crippen molar-refractivity contribution in [1.29, 1.82) is 0 Å². The molecule has 0 bridgehead atoms. The smallest absolute Gasteiger partial charge is 0.0555 e. The summed E-state index contributed by atoms with van der Waals surface area (Å²) in [4.78, 5) is 0. The average molecular weight is 515 g/mol. The Hall–Kier alpha value is -4.86. The summed E-state index contributed by atoms with van der Waals surface area (Å²) < 4.78 is 7.54. The molecule has 9 rings (SSSR count). The number of hydrogen-bond acceptors (Lipinski definition) is 1. The van der Waals surface area contributed by atoms with E-state index in [4.69, 9.17) is 0 Å². The van der Waals surface area contributed by atoms with Gasteiger partial charge in [0.15, 0.2) is 0 Å². The molecular formula is C36H22N2S. The van der Waals surface area contributed by atoms with E-state index >= 15 is 0 Å². The largest absolute Gasteiger partial charge is 0.309 e. The van der Waals surface area contributed by atoms with Gasteiger partial charge in [-0.3, -0.25) is 0 Å². The Morgan fingerprint density at radius 2 is 0.923 bits per heavy atom. The van der Waals surface area contributed by atoms with Gasteiger partial charge in [0.2, 0.25) is 0 Å². The molecule has 0 aliphatic heterocycles. The van der Waals surface area contributed by atoms with E-state index in [1.807, 2.05) is 11.3 Å². The van der Waals surface area contributed by atoms with Gasteiger partial charge in [0.05, 0.1) is 27.8 Å². The molecule has 0 aliphatic rings. The second-order valence-electron chi connectivity index (χ2n) is 10.1. The molecule has 0 radical (unpaired) electrons. The first-order chi connectivity index (χ1) is 19.4. The Labute approximate surface area is 228 Å². The van der Waals surface area contributed by atoms with Gasteiger partial charge in [0.1, 0.15) is 0 Å². The van der Waals surface area contributed by atoms with Crippen LogP contribution in [0.3, 0.4) is 0 Å². The molecule has 0 N–H and O–H groups in total. The zero-order chi connectivity index (χ0) is 25.5. The van der Waals surface area contributed by atoms with Crippen LogP contribution in [-0.2, 0) is 0 Å². The molecule has 0 saturated heterocycles. The number of fused-ring (bicyclic) bond motifs is 10. The molecule has 0 atom stereocenters. The predicted molar refractivity (Wildman–Crippen MR) is 168 cm³/mol. The number of aromatic nitrogens is 2. The minimum absolute atomic E-state index is 1.18. The summed E-state index contributed by atoms with van der Waals surface area (Å²) in [6.07, 6.45) is 0. The van der Waals surface area contributed by atoms with Crippen LogP contribution in [0.5, 0.6) is 0 Å². The highest BCUT2D eigenvalue weighted by molar-refractivity contribution is 7.25. The van der Waals surface area contributed by atoms with Gasteiger partial charge < -0.3 is 9.13 Å². The Balaban J connectivity index is 1.50. The molecule has 9 aromatic rings. The molecule has 6 aromatic carbocycles. The van der Waals surface area contributed by atoms with Gasteiger partial charge in [-0.15, -0.1) is 11.3 Å². The van der Waals surface area contributed by atoms with Gasteiger partial charge in [-0.05, 0) is 54.6 Å². The SMILES string of the molecule is c1ccc(-n2c3ccccc3c3c4c5ccccc5n(-c5cccc6sc7ccccc7c56)c4ccc32)cc1. The Morgan fingerprint density at radius 1 is 0.359 bits per heavy atom. The summed E-state index contributed by atoms with van der Waals surface area (Å²) in [6.45, 7) is 0. The fourth-order valence-corrected chi connectivity index (χ4v) is 7.70. The van der Waals surface area contributed by atoms with Gasteiger partial charge in [0.25, 0.3) is 0 Å². The van der Waals surface area contributed by atoms with Crippen molar-refractivity contribution in [3.05, 3.63) is 133 Å². The van der Waals surface area contributed by atoms with E-state index in [0.717, 1.165) is 0 Å². The second kappa shape index (κ2) is 7.83. The first kappa shape index (κ1) is 21.1. The lowest BCUT2D eigenvalue weighted by atomic mass is 10.1. The first-order valence-corrected chi connectivity index (χ1v) is 14.1. The van der Waals surface area contributed by atoms with Crippen LogP contribution in [0.1, 0.15) is 0 Å². The summed E-state index contributed by atoms with van der Waals surface area (Å²) in [6, 6.07) is 48.6. The maximum absolute atomic E-state index is 2.49. The number of nitrogens with zero attached hydrogens (tertiary/aromatic N) is 2. The first-order valence-electron chi connectivity index (χ1n) is 13.3.